The number of imidazole rings is 1. The topological polar surface area (TPSA) is 90.3 Å². The molecule has 1 unspecified atom stereocenters. The van der Waals surface area contributed by atoms with E-state index in [2.05, 4.69) is 45.8 Å². The number of nitrogens with two attached hydrogens (primary N) is 1. The molecule has 3 atom stereocenters. The number of carbonyl (C=O) groups excluding carboxylic acids is 1. The van der Waals surface area contributed by atoms with Gasteiger partial charge in [-0.1, -0.05) is 12.8 Å². The molecule has 8 rings (SSSR count). The van der Waals surface area contributed by atoms with Gasteiger partial charge in [-0.3, -0.25) is 4.79 Å². The predicted molar refractivity (Wildman–Crippen MR) is 162 cm³/mol. The number of hydrogen-bond donors (Lipinski definition) is 2. The smallest absolute Gasteiger partial charge is 0.254 e. The number of rotatable bonds is 9. The van der Waals surface area contributed by atoms with Crippen LogP contribution in [-0.2, 0) is 13.6 Å². The van der Waals surface area contributed by atoms with Crippen molar-refractivity contribution in [2.45, 2.75) is 63.6 Å². The zero-order valence-corrected chi connectivity index (χ0v) is 24.1. The summed E-state index contributed by atoms with van der Waals surface area (Å²) in [5.74, 6) is 3.66. The van der Waals surface area contributed by atoms with Crippen molar-refractivity contribution in [2.75, 3.05) is 25.5 Å². The molecule has 8 heteroatoms. The van der Waals surface area contributed by atoms with Crippen LogP contribution >= 0.6 is 0 Å². The van der Waals surface area contributed by atoms with E-state index in [-0.39, 0.29) is 18.0 Å². The van der Waals surface area contributed by atoms with E-state index >= 15 is 0 Å². The van der Waals surface area contributed by atoms with Gasteiger partial charge in [0.05, 0.1) is 18.3 Å². The van der Waals surface area contributed by atoms with Crippen LogP contribution in [0.3, 0.4) is 0 Å². The monoisotopic (exact) mass is 552 g/mol. The molecule has 3 N–H and O–H groups in total. The highest BCUT2D eigenvalue weighted by molar-refractivity contribution is 6.00. The number of aromatic nitrogens is 3. The molecule has 8 nitrogen and oxygen atoms in total. The van der Waals surface area contributed by atoms with E-state index in [1.165, 1.54) is 48.7 Å². The number of ether oxygens (including phenoxy) is 1. The Morgan fingerprint density at radius 1 is 1.07 bits per heavy atom. The van der Waals surface area contributed by atoms with Gasteiger partial charge in [0.15, 0.2) is 5.82 Å². The average Bonchev–Trinajstić information content (AvgIpc) is 3.88. The SMILES string of the molecule is COc1cc(C(=O)N2C[C@H]3CCC2[C@H]3N)cc2nc(-c3cc4cc(NCCC5CC5)ccc4n3CC3CC3)n(C)c12. The standard InChI is InChI=1S/C33H40N6O2/c1-37-31-25(14-23(16-29(31)41-2)33(40)39-18-21-7-9-27(39)30(21)34)36-32(37)28-15-22-13-24(35-12-11-19-3-4-19)8-10-26(22)38(28)17-20-5-6-20/h8,10,13-16,19-21,27,30,35H,3-7,9,11-12,17-18,34H2,1-2H3/t21-,27?,30+/m1/s1. The minimum absolute atomic E-state index is 0.0321. The van der Waals surface area contributed by atoms with Crippen molar-refractivity contribution in [3.05, 3.63) is 42.0 Å². The van der Waals surface area contributed by atoms with Crippen LogP contribution in [0.15, 0.2) is 36.4 Å². The Balaban J connectivity index is 1.18. The third-order valence-corrected chi connectivity index (χ3v) is 10.2. The van der Waals surface area contributed by atoms with Crippen LogP contribution in [0.5, 0.6) is 5.75 Å². The van der Waals surface area contributed by atoms with Gasteiger partial charge >= 0.3 is 0 Å². The zero-order valence-electron chi connectivity index (χ0n) is 24.1. The van der Waals surface area contributed by atoms with E-state index in [1.807, 2.05) is 17.0 Å². The first-order valence-electron chi connectivity index (χ1n) is 15.5. The van der Waals surface area contributed by atoms with E-state index in [0.717, 1.165) is 66.9 Å². The molecule has 1 aliphatic heterocycles. The number of nitrogens with one attached hydrogen (secondary N) is 1. The van der Waals surface area contributed by atoms with Crippen LogP contribution in [0, 0.1) is 17.8 Å². The summed E-state index contributed by atoms with van der Waals surface area (Å²) < 4.78 is 10.4. The molecule has 41 heavy (non-hydrogen) atoms. The Hall–Kier alpha value is -3.52. The van der Waals surface area contributed by atoms with Gasteiger partial charge in [0.1, 0.15) is 11.3 Å². The lowest BCUT2D eigenvalue weighted by molar-refractivity contribution is 0.0700. The van der Waals surface area contributed by atoms with Crippen molar-refractivity contribution in [1.82, 2.24) is 19.0 Å². The Kier molecular flexibility index (Phi) is 5.85. The van der Waals surface area contributed by atoms with Gasteiger partial charge in [0, 0.05) is 60.9 Å². The van der Waals surface area contributed by atoms with Crippen LogP contribution in [-0.4, -0.2) is 57.2 Å². The highest BCUT2D eigenvalue weighted by Crippen LogP contribution is 2.40. The number of amides is 1. The lowest BCUT2D eigenvalue weighted by atomic mass is 10.1. The Morgan fingerprint density at radius 2 is 1.90 bits per heavy atom. The molecule has 2 aromatic carbocycles. The number of likely N-dealkylation sites (tertiary alicyclic amines) is 1. The third-order valence-electron chi connectivity index (χ3n) is 10.2. The summed E-state index contributed by atoms with van der Waals surface area (Å²) in [4.78, 5) is 20.8. The first kappa shape index (κ1) is 25.2. The number of methoxy groups -OCH3 is 1. The molecule has 3 heterocycles. The predicted octanol–water partition coefficient (Wildman–Crippen LogP) is 5.39. The summed E-state index contributed by atoms with van der Waals surface area (Å²) in [5, 5.41) is 4.87. The Morgan fingerprint density at radius 3 is 2.61 bits per heavy atom. The second-order valence-electron chi connectivity index (χ2n) is 13.0. The van der Waals surface area contributed by atoms with E-state index in [4.69, 9.17) is 15.5 Å². The molecule has 4 fully saturated rings. The first-order valence-corrected chi connectivity index (χ1v) is 15.5. The van der Waals surface area contributed by atoms with Gasteiger partial charge in [-0.2, -0.15) is 0 Å². The van der Waals surface area contributed by atoms with Crippen molar-refractivity contribution in [2.24, 2.45) is 30.5 Å². The first-order chi connectivity index (χ1) is 20.0. The van der Waals surface area contributed by atoms with Crippen LogP contribution < -0.4 is 15.8 Å². The summed E-state index contributed by atoms with van der Waals surface area (Å²) in [7, 11) is 3.72. The number of aryl methyl sites for hydroxylation is 1. The summed E-state index contributed by atoms with van der Waals surface area (Å²) in [5.41, 5.74) is 12.3. The highest BCUT2D eigenvalue weighted by Gasteiger charge is 2.47. The number of benzene rings is 2. The number of piperidine rings is 1. The minimum Gasteiger partial charge on any atom is -0.494 e. The van der Waals surface area contributed by atoms with Crippen LogP contribution in [0.2, 0.25) is 0 Å². The maximum Gasteiger partial charge on any atom is 0.254 e. The molecule has 4 aromatic rings. The maximum absolute atomic E-state index is 13.7. The minimum atomic E-state index is 0.0321. The van der Waals surface area contributed by atoms with Crippen molar-refractivity contribution < 1.29 is 9.53 Å². The summed E-state index contributed by atoms with van der Waals surface area (Å²) in [6.07, 6.45) is 8.71. The number of nitrogens with zero attached hydrogens (tertiary/aromatic N) is 4. The average molecular weight is 553 g/mol. The maximum atomic E-state index is 13.7. The number of fused-ring (bicyclic) bond motifs is 4. The van der Waals surface area contributed by atoms with Crippen LogP contribution in [0.25, 0.3) is 33.5 Å². The van der Waals surface area contributed by atoms with E-state index in [0.29, 0.717) is 17.2 Å². The molecule has 3 saturated carbocycles. The molecule has 1 saturated heterocycles. The molecule has 2 bridgehead atoms. The van der Waals surface area contributed by atoms with Crippen molar-refractivity contribution in [1.29, 1.82) is 0 Å². The highest BCUT2D eigenvalue weighted by atomic mass is 16.5. The molecule has 3 aliphatic carbocycles. The van der Waals surface area contributed by atoms with E-state index in [9.17, 15) is 4.79 Å². The lowest BCUT2D eigenvalue weighted by Crippen LogP contribution is -2.41. The molecule has 214 valence electrons. The summed E-state index contributed by atoms with van der Waals surface area (Å²) in [6, 6.07) is 13.1. The van der Waals surface area contributed by atoms with Gasteiger partial charge < -0.3 is 29.8 Å². The molecule has 0 spiro atoms. The number of hydrogen-bond acceptors (Lipinski definition) is 5. The van der Waals surface area contributed by atoms with Gasteiger partial charge in [-0.25, -0.2) is 4.98 Å². The Bertz CT molecular complexity index is 1660. The van der Waals surface area contributed by atoms with Crippen LogP contribution in [0.1, 0.15) is 55.3 Å². The van der Waals surface area contributed by atoms with Gasteiger partial charge in [-0.05, 0) is 86.3 Å². The largest absolute Gasteiger partial charge is 0.494 e. The number of carbonyl (C=O) groups is 1. The van der Waals surface area contributed by atoms with Gasteiger partial charge in [0.25, 0.3) is 5.91 Å². The van der Waals surface area contributed by atoms with Gasteiger partial charge in [-0.15, -0.1) is 0 Å². The fourth-order valence-electron chi connectivity index (χ4n) is 7.42. The second-order valence-corrected chi connectivity index (χ2v) is 13.0. The fraction of sp³-hybridized carbons (Fsp3) is 0.515. The molecule has 2 aromatic heterocycles. The zero-order chi connectivity index (χ0) is 27.8. The van der Waals surface area contributed by atoms with Crippen LogP contribution in [0.4, 0.5) is 5.69 Å². The normalized spacial score (nSPS) is 23.7. The van der Waals surface area contributed by atoms with E-state index < -0.39 is 0 Å². The van der Waals surface area contributed by atoms with Gasteiger partial charge in [0.2, 0.25) is 0 Å². The lowest BCUT2D eigenvalue weighted by Gasteiger charge is -2.27. The molecule has 0 radical (unpaired) electrons. The number of anilines is 1. The second kappa shape index (κ2) is 9.51. The molecule has 4 aliphatic rings. The summed E-state index contributed by atoms with van der Waals surface area (Å²) in [6.45, 7) is 2.77. The van der Waals surface area contributed by atoms with Crippen molar-refractivity contribution >= 4 is 33.5 Å². The molecular formula is C33H40N6O2. The molecular weight excluding hydrogens is 512 g/mol. The molecule has 1 amide bonds. The van der Waals surface area contributed by atoms with E-state index in [1.54, 1.807) is 7.11 Å². The quantitative estimate of drug-likeness (QED) is 0.291. The third kappa shape index (κ3) is 4.30. The fourth-order valence-corrected chi connectivity index (χ4v) is 7.42. The Labute approximate surface area is 240 Å². The van der Waals surface area contributed by atoms with Crippen molar-refractivity contribution in [3.8, 4) is 17.3 Å². The van der Waals surface area contributed by atoms with Crippen molar-refractivity contribution in [3.63, 3.8) is 0 Å². The summed E-state index contributed by atoms with van der Waals surface area (Å²) >= 11 is 0.